The van der Waals surface area contributed by atoms with Gasteiger partial charge in [-0.3, -0.25) is 0 Å². The number of hydrogen-bond donors (Lipinski definition) is 1. The standard InChI is InChI=1S/C15H29NS/c1-4-17-14-6-5-13(11-14)16-12-7-9-15(2,3)10-8-12/h12-14,16H,4-11H2,1-3H3. The lowest BCUT2D eigenvalue weighted by Crippen LogP contribution is -2.40. The molecule has 0 aliphatic heterocycles. The van der Waals surface area contributed by atoms with Gasteiger partial charge in [-0.1, -0.05) is 20.8 Å². The van der Waals surface area contributed by atoms with Crippen LogP contribution in [-0.2, 0) is 0 Å². The van der Waals surface area contributed by atoms with Gasteiger partial charge in [0.2, 0.25) is 0 Å². The Balaban J connectivity index is 1.69. The molecule has 2 unspecified atom stereocenters. The van der Waals surface area contributed by atoms with Gasteiger partial charge < -0.3 is 5.32 Å². The smallest absolute Gasteiger partial charge is 0.00805 e. The molecule has 1 N–H and O–H groups in total. The fraction of sp³-hybridized carbons (Fsp3) is 1.00. The quantitative estimate of drug-likeness (QED) is 0.807. The third kappa shape index (κ3) is 4.17. The lowest BCUT2D eigenvalue weighted by molar-refractivity contribution is 0.198. The highest BCUT2D eigenvalue weighted by Crippen LogP contribution is 2.36. The molecule has 0 saturated heterocycles. The van der Waals surface area contributed by atoms with Crippen molar-refractivity contribution < 1.29 is 0 Å². The normalized spacial score (nSPS) is 34.1. The molecule has 2 rings (SSSR count). The van der Waals surface area contributed by atoms with E-state index < -0.39 is 0 Å². The van der Waals surface area contributed by atoms with Gasteiger partial charge in [0.15, 0.2) is 0 Å². The number of hydrogen-bond acceptors (Lipinski definition) is 2. The fourth-order valence-corrected chi connectivity index (χ4v) is 4.52. The van der Waals surface area contributed by atoms with Crippen LogP contribution in [-0.4, -0.2) is 23.1 Å². The molecular weight excluding hydrogens is 226 g/mol. The summed E-state index contributed by atoms with van der Waals surface area (Å²) in [6, 6.07) is 1.64. The number of rotatable bonds is 4. The van der Waals surface area contributed by atoms with Crippen LogP contribution in [0.25, 0.3) is 0 Å². The van der Waals surface area contributed by atoms with Crippen LogP contribution in [0.15, 0.2) is 0 Å². The number of nitrogens with one attached hydrogen (secondary N) is 1. The Bertz CT molecular complexity index is 229. The molecule has 17 heavy (non-hydrogen) atoms. The van der Waals surface area contributed by atoms with Gasteiger partial charge in [-0.25, -0.2) is 0 Å². The first-order valence-electron chi connectivity index (χ1n) is 7.47. The van der Waals surface area contributed by atoms with Crippen LogP contribution in [0.4, 0.5) is 0 Å². The van der Waals surface area contributed by atoms with E-state index in [1.807, 2.05) is 0 Å². The molecule has 2 aliphatic rings. The van der Waals surface area contributed by atoms with E-state index in [2.05, 4.69) is 37.8 Å². The van der Waals surface area contributed by atoms with Crippen molar-refractivity contribution in [2.45, 2.75) is 83.1 Å². The largest absolute Gasteiger partial charge is 0.311 e. The Morgan fingerprint density at radius 3 is 2.41 bits per heavy atom. The zero-order chi connectivity index (χ0) is 12.3. The highest BCUT2D eigenvalue weighted by molar-refractivity contribution is 7.99. The van der Waals surface area contributed by atoms with E-state index in [0.717, 1.165) is 17.3 Å². The van der Waals surface area contributed by atoms with E-state index in [0.29, 0.717) is 5.41 Å². The first-order chi connectivity index (χ1) is 8.09. The molecule has 0 amide bonds. The Kier molecular flexibility index (Phi) is 4.82. The molecule has 100 valence electrons. The second kappa shape index (κ2) is 5.97. The molecule has 0 bridgehead atoms. The molecule has 1 nitrogen and oxygen atoms in total. The predicted octanol–water partition coefficient (Wildman–Crippen LogP) is 4.22. The first-order valence-corrected chi connectivity index (χ1v) is 8.51. The highest BCUT2D eigenvalue weighted by atomic mass is 32.2. The summed E-state index contributed by atoms with van der Waals surface area (Å²) in [4.78, 5) is 0. The van der Waals surface area contributed by atoms with Crippen LogP contribution < -0.4 is 5.32 Å². The van der Waals surface area contributed by atoms with Crippen LogP contribution >= 0.6 is 11.8 Å². The lowest BCUT2D eigenvalue weighted by atomic mass is 9.75. The molecule has 0 heterocycles. The van der Waals surface area contributed by atoms with Gasteiger partial charge >= 0.3 is 0 Å². The third-order valence-corrected chi connectivity index (χ3v) is 5.83. The summed E-state index contributed by atoms with van der Waals surface area (Å²) in [5, 5.41) is 4.87. The minimum Gasteiger partial charge on any atom is -0.311 e. The van der Waals surface area contributed by atoms with E-state index in [4.69, 9.17) is 0 Å². The van der Waals surface area contributed by atoms with Gasteiger partial charge in [-0.2, -0.15) is 11.8 Å². The van der Waals surface area contributed by atoms with Crippen LogP contribution in [0.3, 0.4) is 0 Å². The van der Waals surface area contributed by atoms with E-state index in [-0.39, 0.29) is 0 Å². The molecule has 0 aromatic rings. The lowest BCUT2D eigenvalue weighted by Gasteiger charge is -2.36. The minimum absolute atomic E-state index is 0.606. The zero-order valence-electron chi connectivity index (χ0n) is 11.8. The van der Waals surface area contributed by atoms with Gasteiger partial charge in [0, 0.05) is 17.3 Å². The first kappa shape index (κ1) is 13.7. The van der Waals surface area contributed by atoms with Gasteiger partial charge in [0.05, 0.1) is 0 Å². The van der Waals surface area contributed by atoms with Crippen LogP contribution in [0, 0.1) is 5.41 Å². The molecule has 2 aliphatic carbocycles. The van der Waals surface area contributed by atoms with Crippen molar-refractivity contribution in [3.05, 3.63) is 0 Å². The summed E-state index contributed by atoms with van der Waals surface area (Å²) in [6.07, 6.45) is 9.88. The van der Waals surface area contributed by atoms with Crippen molar-refractivity contribution >= 4 is 11.8 Å². The van der Waals surface area contributed by atoms with Gasteiger partial charge in [0.25, 0.3) is 0 Å². The van der Waals surface area contributed by atoms with Crippen LogP contribution in [0.5, 0.6) is 0 Å². The summed E-state index contributed by atoms with van der Waals surface area (Å²) in [7, 11) is 0. The summed E-state index contributed by atoms with van der Waals surface area (Å²) in [5.41, 5.74) is 0.606. The molecule has 0 aromatic carbocycles. The maximum atomic E-state index is 3.93. The molecule has 0 radical (unpaired) electrons. The van der Waals surface area contributed by atoms with Crippen molar-refractivity contribution in [2.75, 3.05) is 5.75 Å². The second-order valence-electron chi connectivity index (χ2n) is 6.69. The van der Waals surface area contributed by atoms with Crippen molar-refractivity contribution in [1.29, 1.82) is 0 Å². The van der Waals surface area contributed by atoms with E-state index in [1.54, 1.807) is 0 Å². The summed E-state index contributed by atoms with van der Waals surface area (Å²) in [6.45, 7) is 7.13. The van der Waals surface area contributed by atoms with E-state index >= 15 is 0 Å². The topological polar surface area (TPSA) is 12.0 Å². The number of thioether (sulfide) groups is 1. The van der Waals surface area contributed by atoms with Gasteiger partial charge in [0.1, 0.15) is 0 Å². The average molecular weight is 255 g/mol. The van der Waals surface area contributed by atoms with Gasteiger partial charge in [-0.15, -0.1) is 0 Å². The van der Waals surface area contributed by atoms with Crippen molar-refractivity contribution in [1.82, 2.24) is 5.32 Å². The Morgan fingerprint density at radius 1 is 1.06 bits per heavy atom. The second-order valence-corrected chi connectivity index (χ2v) is 8.27. The average Bonchev–Trinajstić information content (AvgIpc) is 2.70. The van der Waals surface area contributed by atoms with Crippen molar-refractivity contribution in [3.8, 4) is 0 Å². The third-order valence-electron chi connectivity index (χ3n) is 4.60. The Labute approximate surface area is 112 Å². The van der Waals surface area contributed by atoms with Crippen molar-refractivity contribution in [3.63, 3.8) is 0 Å². The maximum Gasteiger partial charge on any atom is 0.00805 e. The van der Waals surface area contributed by atoms with Crippen molar-refractivity contribution in [2.24, 2.45) is 5.41 Å². The molecule has 2 saturated carbocycles. The Morgan fingerprint density at radius 2 is 1.76 bits per heavy atom. The Hall–Kier alpha value is 0.310. The monoisotopic (exact) mass is 255 g/mol. The predicted molar refractivity (Wildman–Crippen MR) is 78.7 cm³/mol. The molecular formula is C15H29NS. The molecule has 2 heteroatoms. The van der Waals surface area contributed by atoms with E-state index in [9.17, 15) is 0 Å². The molecule has 2 atom stereocenters. The summed E-state index contributed by atoms with van der Waals surface area (Å²) < 4.78 is 0. The fourth-order valence-electron chi connectivity index (χ4n) is 3.38. The molecule has 0 aromatic heterocycles. The van der Waals surface area contributed by atoms with Gasteiger partial charge in [-0.05, 0) is 56.1 Å². The summed E-state index contributed by atoms with van der Waals surface area (Å²) >= 11 is 2.16. The van der Waals surface area contributed by atoms with Crippen LogP contribution in [0.2, 0.25) is 0 Å². The zero-order valence-corrected chi connectivity index (χ0v) is 12.6. The minimum atomic E-state index is 0.606. The molecule has 2 fully saturated rings. The van der Waals surface area contributed by atoms with Crippen LogP contribution in [0.1, 0.15) is 65.7 Å². The summed E-state index contributed by atoms with van der Waals surface area (Å²) in [5.74, 6) is 1.29. The maximum absolute atomic E-state index is 3.93. The SMILES string of the molecule is CCSC1CCC(NC2CCC(C)(C)CC2)C1. The molecule has 0 spiro atoms. The highest BCUT2D eigenvalue weighted by Gasteiger charge is 2.30. The van der Waals surface area contributed by atoms with E-state index in [1.165, 1.54) is 50.7 Å².